The minimum absolute atomic E-state index is 0.319. The molecule has 2 atom stereocenters. The largest absolute Gasteiger partial charge is 0.497 e. The van der Waals surface area contributed by atoms with Crippen LogP contribution in [0.3, 0.4) is 0 Å². The van der Waals surface area contributed by atoms with Crippen molar-refractivity contribution in [3.8, 4) is 5.75 Å². The van der Waals surface area contributed by atoms with Crippen molar-refractivity contribution in [1.82, 2.24) is 5.32 Å². The summed E-state index contributed by atoms with van der Waals surface area (Å²) in [5, 5.41) is 11.7. The molecule has 1 aromatic carbocycles. The topological polar surface area (TPSA) is 75.6 Å². The summed E-state index contributed by atoms with van der Waals surface area (Å²) in [6.45, 7) is 2.25. The molecule has 0 aromatic heterocycles. The van der Waals surface area contributed by atoms with Crippen molar-refractivity contribution in [3.63, 3.8) is 0 Å². The highest BCUT2D eigenvalue weighted by atomic mass is 16.5. The second-order valence-corrected chi connectivity index (χ2v) is 4.39. The van der Waals surface area contributed by atoms with Crippen LogP contribution in [0.4, 0.5) is 0 Å². The summed E-state index contributed by atoms with van der Waals surface area (Å²) in [6, 6.07) is 5.45. The SMILES string of the molecule is COc1ccc(C2CNC(=O)C2C(=O)O)c(C)c1. The maximum Gasteiger partial charge on any atom is 0.316 e. The summed E-state index contributed by atoms with van der Waals surface area (Å²) in [5.74, 6) is -2.09. The van der Waals surface area contributed by atoms with E-state index in [4.69, 9.17) is 9.84 Å². The average molecular weight is 249 g/mol. The zero-order valence-electron chi connectivity index (χ0n) is 10.3. The van der Waals surface area contributed by atoms with Crippen LogP contribution in [-0.2, 0) is 9.59 Å². The van der Waals surface area contributed by atoms with Gasteiger partial charge in [-0.1, -0.05) is 6.07 Å². The summed E-state index contributed by atoms with van der Waals surface area (Å²) < 4.78 is 5.11. The van der Waals surface area contributed by atoms with Gasteiger partial charge < -0.3 is 15.2 Å². The molecule has 2 N–H and O–H groups in total. The van der Waals surface area contributed by atoms with Crippen LogP contribution in [0.1, 0.15) is 17.0 Å². The molecule has 0 saturated carbocycles. The quantitative estimate of drug-likeness (QED) is 0.781. The molecule has 1 aliphatic heterocycles. The van der Waals surface area contributed by atoms with Crippen molar-refractivity contribution in [2.75, 3.05) is 13.7 Å². The van der Waals surface area contributed by atoms with E-state index in [1.807, 2.05) is 19.1 Å². The number of benzene rings is 1. The number of aryl methyl sites for hydroxylation is 1. The Labute approximate surface area is 105 Å². The Morgan fingerprint density at radius 3 is 2.78 bits per heavy atom. The number of ether oxygens (including phenoxy) is 1. The molecule has 0 aliphatic carbocycles. The minimum Gasteiger partial charge on any atom is -0.497 e. The molecule has 0 radical (unpaired) electrons. The highest BCUT2D eigenvalue weighted by molar-refractivity contribution is 5.99. The number of aliphatic carboxylic acids is 1. The fourth-order valence-corrected chi connectivity index (χ4v) is 2.39. The molecule has 1 fully saturated rings. The Morgan fingerprint density at radius 2 is 2.22 bits per heavy atom. The van der Waals surface area contributed by atoms with Gasteiger partial charge in [0.1, 0.15) is 11.7 Å². The lowest BCUT2D eigenvalue weighted by molar-refractivity contribution is -0.145. The van der Waals surface area contributed by atoms with E-state index in [0.29, 0.717) is 6.54 Å². The Bertz CT molecular complexity index is 498. The van der Waals surface area contributed by atoms with Gasteiger partial charge in [-0.15, -0.1) is 0 Å². The maximum absolute atomic E-state index is 11.5. The van der Waals surface area contributed by atoms with Gasteiger partial charge in [0.15, 0.2) is 0 Å². The van der Waals surface area contributed by atoms with Gasteiger partial charge in [-0.3, -0.25) is 9.59 Å². The zero-order chi connectivity index (χ0) is 13.3. The van der Waals surface area contributed by atoms with Crippen LogP contribution >= 0.6 is 0 Å². The minimum atomic E-state index is -1.08. The van der Waals surface area contributed by atoms with Crippen LogP contribution in [0.25, 0.3) is 0 Å². The lowest BCUT2D eigenvalue weighted by atomic mass is 9.86. The third-order valence-electron chi connectivity index (χ3n) is 3.32. The van der Waals surface area contributed by atoms with E-state index >= 15 is 0 Å². The zero-order valence-corrected chi connectivity index (χ0v) is 10.3. The predicted molar refractivity (Wildman–Crippen MR) is 64.6 cm³/mol. The number of carboxylic acid groups (broad SMARTS) is 1. The Hall–Kier alpha value is -2.04. The standard InChI is InChI=1S/C13H15NO4/c1-7-5-8(18-2)3-4-9(7)10-6-14-12(15)11(10)13(16)17/h3-5,10-11H,6H2,1-2H3,(H,14,15)(H,16,17). The normalized spacial score (nSPS) is 22.7. The van der Waals surface area contributed by atoms with Crippen LogP contribution in [0.5, 0.6) is 5.75 Å². The van der Waals surface area contributed by atoms with Crippen molar-refractivity contribution in [1.29, 1.82) is 0 Å². The number of carboxylic acids is 1. The molecule has 1 heterocycles. The second-order valence-electron chi connectivity index (χ2n) is 4.39. The first-order valence-corrected chi connectivity index (χ1v) is 5.69. The fourth-order valence-electron chi connectivity index (χ4n) is 2.39. The molecule has 96 valence electrons. The van der Waals surface area contributed by atoms with Gasteiger partial charge in [-0.25, -0.2) is 0 Å². The molecule has 18 heavy (non-hydrogen) atoms. The molecule has 5 heteroatoms. The second kappa shape index (κ2) is 4.68. The summed E-state index contributed by atoms with van der Waals surface area (Å²) in [7, 11) is 1.58. The van der Waals surface area contributed by atoms with E-state index in [0.717, 1.165) is 16.9 Å². The number of hydrogen-bond donors (Lipinski definition) is 2. The third kappa shape index (κ3) is 2.03. The van der Waals surface area contributed by atoms with Crippen molar-refractivity contribution >= 4 is 11.9 Å². The highest BCUT2D eigenvalue weighted by Gasteiger charge is 2.41. The monoisotopic (exact) mass is 249 g/mol. The first-order chi connectivity index (χ1) is 8.54. The van der Waals surface area contributed by atoms with E-state index in [-0.39, 0.29) is 5.92 Å². The smallest absolute Gasteiger partial charge is 0.316 e. The number of amides is 1. The fraction of sp³-hybridized carbons (Fsp3) is 0.385. The molecule has 2 unspecified atom stereocenters. The van der Waals surface area contributed by atoms with Crippen LogP contribution in [0, 0.1) is 12.8 Å². The van der Waals surface area contributed by atoms with Crippen molar-refractivity contribution in [2.24, 2.45) is 5.92 Å². The van der Waals surface area contributed by atoms with E-state index in [9.17, 15) is 9.59 Å². The lowest BCUT2D eigenvalue weighted by Crippen LogP contribution is -2.26. The van der Waals surface area contributed by atoms with Crippen LogP contribution < -0.4 is 10.1 Å². The number of carbonyl (C=O) groups excluding carboxylic acids is 1. The molecule has 1 saturated heterocycles. The Morgan fingerprint density at radius 1 is 1.50 bits per heavy atom. The molecule has 1 aliphatic rings. The number of carbonyl (C=O) groups is 2. The van der Waals surface area contributed by atoms with Gasteiger partial charge in [0.25, 0.3) is 0 Å². The van der Waals surface area contributed by atoms with E-state index < -0.39 is 17.8 Å². The highest BCUT2D eigenvalue weighted by Crippen LogP contribution is 2.32. The molecular weight excluding hydrogens is 234 g/mol. The van der Waals surface area contributed by atoms with Crippen LogP contribution in [0.2, 0.25) is 0 Å². The van der Waals surface area contributed by atoms with Crippen molar-refractivity contribution < 1.29 is 19.4 Å². The molecular formula is C13H15NO4. The molecule has 0 spiro atoms. The van der Waals surface area contributed by atoms with Gasteiger partial charge in [-0.2, -0.15) is 0 Å². The third-order valence-corrected chi connectivity index (χ3v) is 3.32. The summed E-state index contributed by atoms with van der Waals surface area (Å²) in [6.07, 6.45) is 0. The van der Waals surface area contributed by atoms with Crippen LogP contribution in [0.15, 0.2) is 18.2 Å². The summed E-state index contributed by atoms with van der Waals surface area (Å²) in [5.41, 5.74) is 1.81. The van der Waals surface area contributed by atoms with E-state index in [1.54, 1.807) is 13.2 Å². The molecule has 2 rings (SSSR count). The summed E-state index contributed by atoms with van der Waals surface area (Å²) >= 11 is 0. The van der Waals surface area contributed by atoms with Crippen LogP contribution in [-0.4, -0.2) is 30.6 Å². The lowest BCUT2D eigenvalue weighted by Gasteiger charge is -2.16. The first kappa shape index (κ1) is 12.4. The number of hydrogen-bond acceptors (Lipinski definition) is 3. The van der Waals surface area contributed by atoms with Gasteiger partial charge in [0, 0.05) is 12.5 Å². The Balaban J connectivity index is 2.36. The van der Waals surface area contributed by atoms with Gasteiger partial charge in [-0.05, 0) is 30.2 Å². The molecule has 1 amide bonds. The predicted octanol–water partition coefficient (Wildman–Crippen LogP) is 0.918. The van der Waals surface area contributed by atoms with Gasteiger partial charge >= 0.3 is 5.97 Å². The van der Waals surface area contributed by atoms with Crippen molar-refractivity contribution in [3.05, 3.63) is 29.3 Å². The Kier molecular flexibility index (Phi) is 3.23. The number of nitrogens with one attached hydrogen (secondary N) is 1. The molecule has 5 nitrogen and oxygen atoms in total. The van der Waals surface area contributed by atoms with Crippen molar-refractivity contribution in [2.45, 2.75) is 12.8 Å². The van der Waals surface area contributed by atoms with Gasteiger partial charge in [0.2, 0.25) is 5.91 Å². The van der Waals surface area contributed by atoms with E-state index in [1.165, 1.54) is 0 Å². The van der Waals surface area contributed by atoms with E-state index in [2.05, 4.69) is 5.32 Å². The molecule has 0 bridgehead atoms. The summed E-state index contributed by atoms with van der Waals surface area (Å²) in [4.78, 5) is 22.7. The number of methoxy groups -OCH3 is 1. The first-order valence-electron chi connectivity index (χ1n) is 5.69. The molecule has 1 aromatic rings. The maximum atomic E-state index is 11.5. The number of rotatable bonds is 3. The van der Waals surface area contributed by atoms with Gasteiger partial charge in [0.05, 0.1) is 7.11 Å². The average Bonchev–Trinajstić information content (AvgIpc) is 2.70.